The highest BCUT2D eigenvalue weighted by Gasteiger charge is 2.32. The van der Waals surface area contributed by atoms with Crippen LogP contribution >= 0.6 is 0 Å². The van der Waals surface area contributed by atoms with Gasteiger partial charge in [0.25, 0.3) is 0 Å². The Morgan fingerprint density at radius 3 is 2.71 bits per heavy atom. The molecule has 2 rings (SSSR count). The van der Waals surface area contributed by atoms with Gasteiger partial charge in [0, 0.05) is 19.5 Å². The molecule has 5 nitrogen and oxygen atoms in total. The van der Waals surface area contributed by atoms with Crippen LogP contribution in [-0.4, -0.2) is 44.3 Å². The molecule has 0 saturated carbocycles. The molecule has 0 radical (unpaired) electrons. The molecule has 0 bridgehead atoms. The van der Waals surface area contributed by atoms with Crippen LogP contribution in [0.25, 0.3) is 0 Å². The Kier molecular flexibility index (Phi) is 4.81. The van der Waals surface area contributed by atoms with Crippen LogP contribution in [0.15, 0.2) is 23.1 Å². The fourth-order valence-corrected chi connectivity index (χ4v) is 4.24. The number of Topliss-reactive ketones (excluding diaryl/α,β-unsaturated/α-hetero) is 1. The zero-order valence-electron chi connectivity index (χ0n) is 12.6. The van der Waals surface area contributed by atoms with Gasteiger partial charge in [-0.15, -0.1) is 0 Å². The van der Waals surface area contributed by atoms with Crippen molar-refractivity contribution in [2.45, 2.75) is 38.2 Å². The van der Waals surface area contributed by atoms with Crippen molar-refractivity contribution >= 4 is 15.8 Å². The molecule has 0 amide bonds. The van der Waals surface area contributed by atoms with E-state index in [1.807, 2.05) is 13.0 Å². The van der Waals surface area contributed by atoms with Gasteiger partial charge in [0.05, 0.1) is 17.6 Å². The number of ketones is 1. The SMILES string of the molecule is CC(=O)C[C@H]1CN(S(=O)(=O)c2ccc(C)cc2C)CCO1. The van der Waals surface area contributed by atoms with Crippen molar-refractivity contribution in [3.63, 3.8) is 0 Å². The molecule has 1 aromatic carbocycles. The Labute approximate surface area is 126 Å². The minimum atomic E-state index is -3.54. The quantitative estimate of drug-likeness (QED) is 0.848. The first-order valence-electron chi connectivity index (χ1n) is 6.99. The molecule has 0 aliphatic carbocycles. The molecule has 21 heavy (non-hydrogen) atoms. The third-order valence-corrected chi connectivity index (χ3v) is 5.59. The summed E-state index contributed by atoms with van der Waals surface area (Å²) in [5, 5.41) is 0. The summed E-state index contributed by atoms with van der Waals surface area (Å²) in [5.41, 5.74) is 1.77. The van der Waals surface area contributed by atoms with E-state index in [4.69, 9.17) is 4.74 Å². The highest BCUT2D eigenvalue weighted by atomic mass is 32.2. The molecule has 0 spiro atoms. The van der Waals surface area contributed by atoms with E-state index >= 15 is 0 Å². The summed E-state index contributed by atoms with van der Waals surface area (Å²) in [4.78, 5) is 11.5. The zero-order chi connectivity index (χ0) is 15.6. The second kappa shape index (κ2) is 6.25. The normalized spacial score (nSPS) is 20.4. The predicted molar refractivity (Wildman–Crippen MR) is 79.7 cm³/mol. The summed E-state index contributed by atoms with van der Waals surface area (Å²) in [6.45, 7) is 6.09. The fourth-order valence-electron chi connectivity index (χ4n) is 2.58. The number of hydrogen-bond acceptors (Lipinski definition) is 4. The number of benzene rings is 1. The van der Waals surface area contributed by atoms with Crippen LogP contribution in [0.2, 0.25) is 0 Å². The Bertz CT molecular complexity index is 639. The number of carbonyl (C=O) groups is 1. The molecule has 1 heterocycles. The van der Waals surface area contributed by atoms with Crippen LogP contribution in [-0.2, 0) is 19.6 Å². The van der Waals surface area contributed by atoms with E-state index in [0.29, 0.717) is 18.0 Å². The van der Waals surface area contributed by atoms with Crippen LogP contribution in [0.3, 0.4) is 0 Å². The summed E-state index contributed by atoms with van der Waals surface area (Å²) in [5.74, 6) is 0.00534. The molecule has 1 aromatic rings. The molecule has 1 fully saturated rings. The Hall–Kier alpha value is -1.24. The van der Waals surface area contributed by atoms with Gasteiger partial charge in [0.1, 0.15) is 5.78 Å². The molecule has 0 aromatic heterocycles. The number of carbonyl (C=O) groups excluding carboxylic acids is 1. The van der Waals surface area contributed by atoms with Gasteiger partial charge in [-0.3, -0.25) is 4.79 Å². The largest absolute Gasteiger partial charge is 0.375 e. The van der Waals surface area contributed by atoms with Gasteiger partial charge < -0.3 is 4.74 Å². The van der Waals surface area contributed by atoms with Gasteiger partial charge in [-0.25, -0.2) is 8.42 Å². The van der Waals surface area contributed by atoms with Gasteiger partial charge in [-0.05, 0) is 32.4 Å². The zero-order valence-corrected chi connectivity index (χ0v) is 13.4. The van der Waals surface area contributed by atoms with Crippen LogP contribution < -0.4 is 0 Å². The maximum atomic E-state index is 12.7. The van der Waals surface area contributed by atoms with Gasteiger partial charge in [-0.1, -0.05) is 17.7 Å². The summed E-state index contributed by atoms with van der Waals surface area (Å²) >= 11 is 0. The summed E-state index contributed by atoms with van der Waals surface area (Å²) in [6.07, 6.45) is -0.101. The summed E-state index contributed by atoms with van der Waals surface area (Å²) < 4.78 is 32.4. The number of ether oxygens (including phenoxy) is 1. The van der Waals surface area contributed by atoms with E-state index < -0.39 is 10.0 Å². The van der Waals surface area contributed by atoms with Crippen molar-refractivity contribution in [1.82, 2.24) is 4.31 Å². The first kappa shape index (κ1) is 16.1. The maximum Gasteiger partial charge on any atom is 0.243 e. The Morgan fingerprint density at radius 2 is 2.10 bits per heavy atom. The second-order valence-electron chi connectivity index (χ2n) is 5.53. The van der Waals surface area contributed by atoms with E-state index in [9.17, 15) is 13.2 Å². The van der Waals surface area contributed by atoms with E-state index in [0.717, 1.165) is 11.1 Å². The van der Waals surface area contributed by atoms with E-state index in [1.165, 1.54) is 11.2 Å². The molecular weight excluding hydrogens is 290 g/mol. The van der Waals surface area contributed by atoms with Gasteiger partial charge in [0.2, 0.25) is 10.0 Å². The Morgan fingerprint density at radius 1 is 1.38 bits per heavy atom. The molecule has 6 heteroatoms. The van der Waals surface area contributed by atoms with E-state index in [-0.39, 0.29) is 24.9 Å². The molecule has 116 valence electrons. The first-order valence-corrected chi connectivity index (χ1v) is 8.43. The van der Waals surface area contributed by atoms with E-state index in [2.05, 4.69) is 0 Å². The number of sulfonamides is 1. The van der Waals surface area contributed by atoms with Crippen molar-refractivity contribution in [2.24, 2.45) is 0 Å². The lowest BCUT2D eigenvalue weighted by Gasteiger charge is -2.32. The molecule has 1 atom stereocenters. The summed E-state index contributed by atoms with van der Waals surface area (Å²) in [6, 6.07) is 5.31. The number of nitrogens with zero attached hydrogens (tertiary/aromatic N) is 1. The Balaban J connectivity index is 2.24. The van der Waals surface area contributed by atoms with Crippen molar-refractivity contribution < 1.29 is 17.9 Å². The number of rotatable bonds is 4. The van der Waals surface area contributed by atoms with Gasteiger partial charge >= 0.3 is 0 Å². The fraction of sp³-hybridized carbons (Fsp3) is 0.533. The average Bonchev–Trinajstić information content (AvgIpc) is 2.37. The topological polar surface area (TPSA) is 63.7 Å². The van der Waals surface area contributed by atoms with E-state index in [1.54, 1.807) is 19.1 Å². The number of morpholine rings is 1. The third-order valence-electron chi connectivity index (χ3n) is 3.56. The highest BCUT2D eigenvalue weighted by molar-refractivity contribution is 7.89. The van der Waals surface area contributed by atoms with Crippen LogP contribution in [0.1, 0.15) is 24.5 Å². The monoisotopic (exact) mass is 311 g/mol. The van der Waals surface area contributed by atoms with Crippen LogP contribution in [0, 0.1) is 13.8 Å². The lowest BCUT2D eigenvalue weighted by Crippen LogP contribution is -2.46. The highest BCUT2D eigenvalue weighted by Crippen LogP contribution is 2.23. The van der Waals surface area contributed by atoms with Crippen LogP contribution in [0.4, 0.5) is 0 Å². The number of hydrogen-bond donors (Lipinski definition) is 0. The molecule has 0 unspecified atom stereocenters. The molecule has 1 saturated heterocycles. The minimum Gasteiger partial charge on any atom is -0.375 e. The van der Waals surface area contributed by atoms with Crippen molar-refractivity contribution in [3.05, 3.63) is 29.3 Å². The average molecular weight is 311 g/mol. The van der Waals surface area contributed by atoms with Crippen molar-refractivity contribution in [3.8, 4) is 0 Å². The second-order valence-corrected chi connectivity index (χ2v) is 7.44. The smallest absolute Gasteiger partial charge is 0.243 e. The molecule has 0 N–H and O–H groups in total. The lowest BCUT2D eigenvalue weighted by atomic mass is 10.2. The molecule has 1 aliphatic rings. The third kappa shape index (κ3) is 3.70. The molecular formula is C15H21NO4S. The van der Waals surface area contributed by atoms with Crippen molar-refractivity contribution in [2.75, 3.05) is 19.7 Å². The lowest BCUT2D eigenvalue weighted by molar-refractivity contribution is -0.121. The van der Waals surface area contributed by atoms with Crippen LogP contribution in [0.5, 0.6) is 0 Å². The standard InChI is InChI=1S/C15H21NO4S/c1-11-4-5-15(12(2)8-11)21(18,19)16-6-7-20-14(10-16)9-13(3)17/h4-5,8,14H,6-7,9-10H2,1-3H3/t14-/m0/s1. The summed E-state index contributed by atoms with van der Waals surface area (Å²) in [7, 11) is -3.54. The van der Waals surface area contributed by atoms with Crippen molar-refractivity contribution in [1.29, 1.82) is 0 Å². The first-order chi connectivity index (χ1) is 9.80. The maximum absolute atomic E-state index is 12.7. The minimum absolute atomic E-state index is 0.00534. The van der Waals surface area contributed by atoms with Gasteiger partial charge in [0.15, 0.2) is 0 Å². The molecule has 1 aliphatic heterocycles. The number of aryl methyl sites for hydroxylation is 2. The van der Waals surface area contributed by atoms with Gasteiger partial charge in [-0.2, -0.15) is 4.31 Å². The predicted octanol–water partition coefficient (Wildman–Crippen LogP) is 1.67.